The molecule has 0 fully saturated rings. The molecule has 1 aromatic rings. The molecule has 0 amide bonds. The predicted octanol–water partition coefficient (Wildman–Crippen LogP) is -0.0488. The summed E-state index contributed by atoms with van der Waals surface area (Å²) in [5.74, 6) is 0. The number of sulfonamides is 1. The molecule has 0 radical (unpaired) electrons. The minimum Gasteiger partial charge on any atom is -0.536 e. The molecule has 1 aromatic heterocycles. The third-order valence-corrected chi connectivity index (χ3v) is 2.45. The summed E-state index contributed by atoms with van der Waals surface area (Å²) in [5, 5.41) is 15.4. The number of nitrogens with zero attached hydrogens (tertiary/aromatic N) is 4. The quantitative estimate of drug-likeness (QED) is 0.817. The van der Waals surface area contributed by atoms with Gasteiger partial charge in [-0.15, -0.1) is 0 Å². The molecule has 0 aromatic carbocycles. The fourth-order valence-corrected chi connectivity index (χ4v) is 1.15. The molecular weight excluding hydrogens is 253 g/mol. The van der Waals surface area contributed by atoms with Crippen molar-refractivity contribution in [2.45, 2.75) is 18.8 Å². The number of rotatable bonds is 4. The highest BCUT2D eigenvalue weighted by Crippen LogP contribution is 2.28. The molecule has 0 atom stereocenters. The highest BCUT2D eigenvalue weighted by Gasteiger charge is 2.38. The van der Waals surface area contributed by atoms with Gasteiger partial charge in [0.15, 0.2) is 16.8 Å². The monoisotopic (exact) mass is 259 g/mol. The fraction of sp³-hybridized carbons (Fsp3) is 0.600. The number of aliphatic hydroxyl groups is 1. The smallest absolute Gasteiger partial charge is 0.480 e. The lowest BCUT2D eigenvalue weighted by Gasteiger charge is -2.20. The SMILES string of the molecule is O=S(=O)([N-]Cc1cnn(CO)n1)C(F)(F)F. The number of hydrogen-bond acceptors (Lipinski definition) is 5. The van der Waals surface area contributed by atoms with Gasteiger partial charge in [-0.2, -0.15) is 28.2 Å². The molecular formula is C5H6F3N4O3S-. The van der Waals surface area contributed by atoms with Gasteiger partial charge in [0.05, 0.1) is 11.9 Å². The third-order valence-electron chi connectivity index (χ3n) is 1.40. The maximum absolute atomic E-state index is 11.8. The van der Waals surface area contributed by atoms with Crippen LogP contribution < -0.4 is 0 Å². The molecule has 11 heteroatoms. The summed E-state index contributed by atoms with van der Waals surface area (Å²) >= 11 is 0. The van der Waals surface area contributed by atoms with Gasteiger partial charge in [0.2, 0.25) is 0 Å². The molecule has 0 saturated heterocycles. The van der Waals surface area contributed by atoms with Crippen LogP contribution >= 0.6 is 0 Å². The summed E-state index contributed by atoms with van der Waals surface area (Å²) in [5.41, 5.74) is -5.51. The average molecular weight is 259 g/mol. The fourth-order valence-electron chi connectivity index (χ4n) is 0.698. The zero-order valence-corrected chi connectivity index (χ0v) is 8.40. The van der Waals surface area contributed by atoms with E-state index in [4.69, 9.17) is 5.11 Å². The van der Waals surface area contributed by atoms with Crippen molar-refractivity contribution in [3.8, 4) is 0 Å². The molecule has 0 aliphatic carbocycles. The summed E-state index contributed by atoms with van der Waals surface area (Å²) in [6, 6.07) is 0. The van der Waals surface area contributed by atoms with Crippen LogP contribution in [0.1, 0.15) is 5.69 Å². The number of halogens is 3. The Kier molecular flexibility index (Phi) is 3.50. The normalized spacial score (nSPS) is 13.0. The van der Waals surface area contributed by atoms with Crippen LogP contribution in [0.5, 0.6) is 0 Å². The van der Waals surface area contributed by atoms with Crippen molar-refractivity contribution in [3.63, 3.8) is 0 Å². The van der Waals surface area contributed by atoms with E-state index in [0.29, 0.717) is 0 Å². The van der Waals surface area contributed by atoms with E-state index in [9.17, 15) is 21.6 Å². The van der Waals surface area contributed by atoms with E-state index in [1.165, 1.54) is 0 Å². The Balaban J connectivity index is 2.65. The molecule has 1 rings (SSSR count). The molecule has 0 aliphatic heterocycles. The topological polar surface area (TPSA) is 99.2 Å². The Morgan fingerprint density at radius 2 is 2.12 bits per heavy atom. The van der Waals surface area contributed by atoms with E-state index < -0.39 is 28.8 Å². The molecule has 0 bridgehead atoms. The van der Waals surface area contributed by atoms with Crippen LogP contribution in [0.3, 0.4) is 0 Å². The Bertz CT molecular complexity index is 454. The molecule has 0 saturated carbocycles. The summed E-state index contributed by atoms with van der Waals surface area (Å²) in [7, 11) is -5.51. The highest BCUT2D eigenvalue weighted by molar-refractivity contribution is 7.94. The largest absolute Gasteiger partial charge is 0.536 e. The van der Waals surface area contributed by atoms with Gasteiger partial charge in [0.1, 0.15) is 0 Å². The van der Waals surface area contributed by atoms with E-state index in [-0.39, 0.29) is 5.69 Å². The first-order chi connectivity index (χ1) is 7.26. The van der Waals surface area contributed by atoms with Gasteiger partial charge in [-0.3, -0.25) is 0 Å². The molecule has 7 nitrogen and oxygen atoms in total. The molecule has 1 heterocycles. The highest BCUT2D eigenvalue weighted by atomic mass is 32.2. The van der Waals surface area contributed by atoms with Gasteiger partial charge in [-0.05, 0) is 0 Å². The van der Waals surface area contributed by atoms with Gasteiger partial charge in [0.25, 0.3) is 0 Å². The number of hydrogen-bond donors (Lipinski definition) is 1. The Morgan fingerprint density at radius 1 is 1.50 bits per heavy atom. The zero-order valence-electron chi connectivity index (χ0n) is 7.59. The van der Waals surface area contributed by atoms with Crippen LogP contribution in [0.15, 0.2) is 6.20 Å². The second-order valence-electron chi connectivity index (χ2n) is 2.56. The van der Waals surface area contributed by atoms with Gasteiger partial charge >= 0.3 is 5.51 Å². The number of alkyl halides is 3. The van der Waals surface area contributed by atoms with Crippen molar-refractivity contribution in [2.75, 3.05) is 0 Å². The maximum atomic E-state index is 11.8. The Labute approximate surface area is 87.9 Å². The second-order valence-corrected chi connectivity index (χ2v) is 4.23. The van der Waals surface area contributed by atoms with Crippen molar-refractivity contribution in [1.82, 2.24) is 15.0 Å². The van der Waals surface area contributed by atoms with Gasteiger partial charge in [0, 0.05) is 0 Å². The lowest BCUT2D eigenvalue weighted by atomic mass is 10.5. The summed E-state index contributed by atoms with van der Waals surface area (Å²) < 4.78 is 59.0. The van der Waals surface area contributed by atoms with Crippen molar-refractivity contribution >= 4 is 10.0 Å². The predicted molar refractivity (Wildman–Crippen MR) is 44.3 cm³/mol. The lowest BCUT2D eigenvalue weighted by Crippen LogP contribution is -2.22. The van der Waals surface area contributed by atoms with E-state index >= 15 is 0 Å². The summed E-state index contributed by atoms with van der Waals surface area (Å²) in [6.07, 6.45) is 1.01. The van der Waals surface area contributed by atoms with Crippen LogP contribution in [0, 0.1) is 0 Å². The minimum atomic E-state index is -5.51. The first-order valence-corrected chi connectivity index (χ1v) is 5.20. The average Bonchev–Trinajstić information content (AvgIpc) is 2.60. The van der Waals surface area contributed by atoms with Crippen LogP contribution in [0.4, 0.5) is 13.2 Å². The second kappa shape index (κ2) is 4.35. The molecule has 92 valence electrons. The third kappa shape index (κ3) is 2.90. The van der Waals surface area contributed by atoms with Gasteiger partial charge in [-0.1, -0.05) is 6.54 Å². The van der Waals surface area contributed by atoms with Gasteiger partial charge in [-0.25, -0.2) is 8.42 Å². The zero-order chi connectivity index (χ0) is 12.4. The lowest BCUT2D eigenvalue weighted by molar-refractivity contribution is -0.0427. The van der Waals surface area contributed by atoms with Crippen LogP contribution in [0.2, 0.25) is 0 Å². The summed E-state index contributed by atoms with van der Waals surface area (Å²) in [4.78, 5) is 0.769. The first-order valence-electron chi connectivity index (χ1n) is 3.76. The van der Waals surface area contributed by atoms with Crippen molar-refractivity contribution in [3.05, 3.63) is 16.6 Å². The molecule has 16 heavy (non-hydrogen) atoms. The van der Waals surface area contributed by atoms with Crippen molar-refractivity contribution in [2.24, 2.45) is 0 Å². The number of aliphatic hydroxyl groups excluding tert-OH is 1. The minimum absolute atomic E-state index is 0.0955. The Morgan fingerprint density at radius 3 is 2.56 bits per heavy atom. The van der Waals surface area contributed by atoms with Crippen LogP contribution in [-0.4, -0.2) is 34.0 Å². The molecule has 0 unspecified atom stereocenters. The van der Waals surface area contributed by atoms with Crippen molar-refractivity contribution < 1.29 is 26.7 Å². The van der Waals surface area contributed by atoms with Crippen LogP contribution in [0.25, 0.3) is 4.72 Å². The number of aromatic nitrogens is 3. The van der Waals surface area contributed by atoms with E-state index in [2.05, 4.69) is 14.9 Å². The first kappa shape index (κ1) is 12.9. The molecule has 0 spiro atoms. The van der Waals surface area contributed by atoms with E-state index in [0.717, 1.165) is 11.0 Å². The molecule has 1 N–H and O–H groups in total. The standard InChI is InChI=1S/C5H6F3N4O3S/c6-5(7,8)16(14,15)10-2-4-1-9-12(3-13)11-4/h1,13H,2-3H2/q-1. The maximum Gasteiger partial charge on any atom is 0.480 e. The van der Waals surface area contributed by atoms with Gasteiger partial charge < -0.3 is 9.83 Å². The van der Waals surface area contributed by atoms with Crippen molar-refractivity contribution in [1.29, 1.82) is 0 Å². The summed E-state index contributed by atoms with van der Waals surface area (Å²) in [6.45, 7) is -1.34. The Hall–Kier alpha value is -1.20. The van der Waals surface area contributed by atoms with E-state index in [1.54, 1.807) is 0 Å². The molecule has 0 aliphatic rings. The van der Waals surface area contributed by atoms with E-state index in [1.807, 2.05) is 0 Å². The van der Waals surface area contributed by atoms with Crippen LogP contribution in [-0.2, 0) is 23.3 Å².